The number of nitrogens with one attached hydrogen (secondary N) is 1. The fraction of sp³-hybridized carbons (Fsp3) is 0.227. The van der Waals surface area contributed by atoms with Gasteiger partial charge in [-0.3, -0.25) is 4.79 Å². The molecule has 2 heterocycles. The molecule has 0 aliphatic rings. The van der Waals surface area contributed by atoms with Crippen LogP contribution in [-0.4, -0.2) is 43.0 Å². The molecule has 29 heavy (non-hydrogen) atoms. The van der Waals surface area contributed by atoms with Crippen molar-refractivity contribution in [2.24, 2.45) is 0 Å². The van der Waals surface area contributed by atoms with Gasteiger partial charge in [0.15, 0.2) is 5.58 Å². The van der Waals surface area contributed by atoms with Crippen LogP contribution in [-0.2, 0) is 0 Å². The van der Waals surface area contributed by atoms with Gasteiger partial charge in [0.05, 0.1) is 0 Å². The standard InChI is InChI=1S/C22H21N3O4/c1-13-4-5-14-11-16(22(27)29-18(14)10-13)21-24-17-7-6-15(12-19(17)28-21)20(26)23-8-9-25(2)3/h4-7,10-12H,8-9H2,1-3H3,(H,23,26). The third kappa shape index (κ3) is 3.90. The van der Waals surface area contributed by atoms with E-state index in [0.29, 0.717) is 28.8 Å². The molecule has 0 aliphatic heterocycles. The van der Waals surface area contributed by atoms with Gasteiger partial charge >= 0.3 is 5.63 Å². The molecule has 0 fully saturated rings. The van der Waals surface area contributed by atoms with E-state index >= 15 is 0 Å². The van der Waals surface area contributed by atoms with E-state index in [4.69, 9.17) is 8.83 Å². The monoisotopic (exact) mass is 391 g/mol. The van der Waals surface area contributed by atoms with Gasteiger partial charge in [-0.05, 0) is 56.9 Å². The molecule has 0 atom stereocenters. The molecule has 2 aromatic carbocycles. The minimum absolute atomic E-state index is 0.168. The summed E-state index contributed by atoms with van der Waals surface area (Å²) in [6.07, 6.45) is 0. The number of carbonyl (C=O) groups is 1. The predicted octanol–water partition coefficient (Wildman–Crippen LogP) is 3.20. The lowest BCUT2D eigenvalue weighted by molar-refractivity contribution is 0.0951. The topological polar surface area (TPSA) is 88.6 Å². The van der Waals surface area contributed by atoms with E-state index in [2.05, 4.69) is 10.3 Å². The molecule has 0 aliphatic carbocycles. The quantitative estimate of drug-likeness (QED) is 0.526. The number of fused-ring (bicyclic) bond motifs is 2. The minimum Gasteiger partial charge on any atom is -0.436 e. The first-order chi connectivity index (χ1) is 13.9. The summed E-state index contributed by atoms with van der Waals surface area (Å²) in [4.78, 5) is 31.1. The SMILES string of the molecule is Cc1ccc2cc(-c3nc4ccc(C(=O)NCCN(C)C)cc4o3)c(=O)oc2c1. The molecule has 0 saturated carbocycles. The van der Waals surface area contributed by atoms with E-state index in [1.165, 1.54) is 0 Å². The number of hydrogen-bond donors (Lipinski definition) is 1. The van der Waals surface area contributed by atoms with Gasteiger partial charge in [0.1, 0.15) is 16.7 Å². The molecule has 1 N–H and O–H groups in total. The maximum absolute atomic E-state index is 12.4. The molecule has 7 nitrogen and oxygen atoms in total. The zero-order chi connectivity index (χ0) is 20.5. The first-order valence-electron chi connectivity index (χ1n) is 9.29. The molecule has 4 aromatic rings. The smallest absolute Gasteiger partial charge is 0.349 e. The van der Waals surface area contributed by atoms with Crippen molar-refractivity contribution in [3.63, 3.8) is 0 Å². The summed E-state index contributed by atoms with van der Waals surface area (Å²) in [5.41, 5.74) is 2.72. The van der Waals surface area contributed by atoms with Gasteiger partial charge in [0, 0.05) is 24.0 Å². The molecule has 0 saturated heterocycles. The number of hydrogen-bond acceptors (Lipinski definition) is 6. The van der Waals surface area contributed by atoms with E-state index in [1.54, 1.807) is 24.3 Å². The van der Waals surface area contributed by atoms with Gasteiger partial charge in [-0.1, -0.05) is 12.1 Å². The molecule has 148 valence electrons. The van der Waals surface area contributed by atoms with E-state index in [-0.39, 0.29) is 17.4 Å². The largest absolute Gasteiger partial charge is 0.436 e. The number of likely N-dealkylation sites (N-methyl/N-ethyl adjacent to an activating group) is 1. The maximum Gasteiger partial charge on any atom is 0.349 e. The summed E-state index contributed by atoms with van der Waals surface area (Å²) >= 11 is 0. The van der Waals surface area contributed by atoms with Crippen molar-refractivity contribution < 1.29 is 13.6 Å². The second-order valence-corrected chi connectivity index (χ2v) is 7.25. The second kappa shape index (κ2) is 7.52. The van der Waals surface area contributed by atoms with Gasteiger partial charge in [-0.25, -0.2) is 9.78 Å². The molecule has 4 rings (SSSR count). The van der Waals surface area contributed by atoms with E-state index < -0.39 is 5.63 Å². The number of amides is 1. The summed E-state index contributed by atoms with van der Waals surface area (Å²) < 4.78 is 11.2. The van der Waals surface area contributed by atoms with E-state index in [0.717, 1.165) is 17.5 Å². The summed E-state index contributed by atoms with van der Waals surface area (Å²) in [5, 5.41) is 3.65. The summed E-state index contributed by atoms with van der Waals surface area (Å²) in [6, 6.07) is 12.4. The lowest BCUT2D eigenvalue weighted by atomic mass is 10.1. The van der Waals surface area contributed by atoms with Crippen LogP contribution in [0.2, 0.25) is 0 Å². The number of carbonyl (C=O) groups excluding carboxylic acids is 1. The Morgan fingerprint density at radius 1 is 1.07 bits per heavy atom. The minimum atomic E-state index is -0.517. The Balaban J connectivity index is 1.66. The van der Waals surface area contributed by atoms with Crippen LogP contribution >= 0.6 is 0 Å². The van der Waals surface area contributed by atoms with E-state index in [1.807, 2.05) is 44.1 Å². The number of rotatable bonds is 5. The summed E-state index contributed by atoms with van der Waals surface area (Å²) in [5.74, 6) is -0.0197. The van der Waals surface area contributed by atoms with Crippen LogP contribution in [0.1, 0.15) is 15.9 Å². The summed E-state index contributed by atoms with van der Waals surface area (Å²) in [6.45, 7) is 3.23. The number of nitrogens with zero attached hydrogens (tertiary/aromatic N) is 2. The molecular formula is C22H21N3O4. The molecule has 0 bridgehead atoms. The van der Waals surface area contributed by atoms with Crippen molar-refractivity contribution in [2.75, 3.05) is 27.2 Å². The van der Waals surface area contributed by atoms with Crippen molar-refractivity contribution in [1.82, 2.24) is 15.2 Å². The lowest BCUT2D eigenvalue weighted by Gasteiger charge is -2.10. The number of aryl methyl sites for hydroxylation is 1. The molecule has 1 amide bonds. The van der Waals surface area contributed by atoms with Crippen LogP contribution in [0.3, 0.4) is 0 Å². The highest BCUT2D eigenvalue weighted by molar-refractivity contribution is 5.97. The van der Waals surface area contributed by atoms with Gasteiger partial charge in [-0.2, -0.15) is 0 Å². The Hall–Kier alpha value is -3.45. The third-order valence-corrected chi connectivity index (χ3v) is 4.62. The zero-order valence-corrected chi connectivity index (χ0v) is 16.5. The molecule has 2 aromatic heterocycles. The van der Waals surface area contributed by atoms with Crippen LogP contribution in [0.4, 0.5) is 0 Å². The number of aromatic nitrogens is 1. The average molecular weight is 391 g/mol. The Morgan fingerprint density at radius 3 is 2.69 bits per heavy atom. The fourth-order valence-electron chi connectivity index (χ4n) is 3.04. The maximum atomic E-state index is 12.4. The first kappa shape index (κ1) is 18.9. The van der Waals surface area contributed by atoms with Gasteiger partial charge < -0.3 is 19.1 Å². The van der Waals surface area contributed by atoms with Crippen molar-refractivity contribution in [1.29, 1.82) is 0 Å². The van der Waals surface area contributed by atoms with Gasteiger partial charge in [0.25, 0.3) is 5.91 Å². The van der Waals surface area contributed by atoms with Gasteiger partial charge in [0.2, 0.25) is 5.89 Å². The van der Waals surface area contributed by atoms with Crippen LogP contribution in [0.15, 0.2) is 56.1 Å². The van der Waals surface area contributed by atoms with Crippen LogP contribution in [0.5, 0.6) is 0 Å². The molecular weight excluding hydrogens is 370 g/mol. The van der Waals surface area contributed by atoms with Crippen LogP contribution in [0.25, 0.3) is 33.5 Å². The average Bonchev–Trinajstić information content (AvgIpc) is 3.09. The highest BCUT2D eigenvalue weighted by Gasteiger charge is 2.16. The Morgan fingerprint density at radius 2 is 1.90 bits per heavy atom. The van der Waals surface area contributed by atoms with Crippen molar-refractivity contribution in [3.05, 3.63) is 64.0 Å². The normalized spacial score (nSPS) is 11.4. The molecule has 7 heteroatoms. The molecule has 0 unspecified atom stereocenters. The van der Waals surface area contributed by atoms with Crippen LogP contribution < -0.4 is 10.9 Å². The number of benzene rings is 2. The highest BCUT2D eigenvalue weighted by atomic mass is 16.4. The Bertz CT molecular complexity index is 1270. The van der Waals surface area contributed by atoms with Crippen molar-refractivity contribution >= 4 is 28.0 Å². The Kier molecular flexibility index (Phi) is 4.90. The Labute approximate surface area is 166 Å². The lowest BCUT2D eigenvalue weighted by Crippen LogP contribution is -2.31. The molecule has 0 radical (unpaired) electrons. The number of oxazole rings is 1. The van der Waals surface area contributed by atoms with Crippen molar-refractivity contribution in [3.8, 4) is 11.5 Å². The van der Waals surface area contributed by atoms with Crippen LogP contribution in [0, 0.1) is 6.92 Å². The summed E-state index contributed by atoms with van der Waals surface area (Å²) in [7, 11) is 3.89. The first-order valence-corrected chi connectivity index (χ1v) is 9.29. The predicted molar refractivity (Wildman–Crippen MR) is 111 cm³/mol. The highest BCUT2D eigenvalue weighted by Crippen LogP contribution is 2.25. The van der Waals surface area contributed by atoms with Gasteiger partial charge in [-0.15, -0.1) is 0 Å². The van der Waals surface area contributed by atoms with Crippen molar-refractivity contribution in [2.45, 2.75) is 6.92 Å². The second-order valence-electron chi connectivity index (χ2n) is 7.25. The van der Waals surface area contributed by atoms with E-state index in [9.17, 15) is 9.59 Å². The third-order valence-electron chi connectivity index (χ3n) is 4.62. The zero-order valence-electron chi connectivity index (χ0n) is 16.5. The fourth-order valence-corrected chi connectivity index (χ4v) is 3.04. The molecule has 0 spiro atoms.